The summed E-state index contributed by atoms with van der Waals surface area (Å²) in [6.07, 6.45) is 4.12. The molecule has 0 aromatic heterocycles. The summed E-state index contributed by atoms with van der Waals surface area (Å²) in [5.74, 6) is 1.46. The Morgan fingerprint density at radius 3 is 2.21 bits per heavy atom. The topological polar surface area (TPSA) is 69.2 Å². The van der Waals surface area contributed by atoms with Gasteiger partial charge in [-0.05, 0) is 66.2 Å². The fourth-order valence-electron chi connectivity index (χ4n) is 3.84. The molecule has 1 amide bonds. The lowest BCUT2D eigenvalue weighted by Gasteiger charge is -2.36. The standard InChI is InChI=1S/C21H41N5O2/c1-16(2)25-13-9-18(10-14-25)24-19(22-6)23-15-17-7-11-26(12-8-17)20(27)28-21(3,4)5/h16-18H,7-15H2,1-6H3,(H2,22,23,24). The van der Waals surface area contributed by atoms with Gasteiger partial charge in [-0.1, -0.05) is 0 Å². The first-order valence-electron chi connectivity index (χ1n) is 10.9. The van der Waals surface area contributed by atoms with Gasteiger partial charge in [0.15, 0.2) is 5.96 Å². The van der Waals surface area contributed by atoms with Gasteiger partial charge in [-0.25, -0.2) is 4.79 Å². The van der Waals surface area contributed by atoms with Crippen molar-refractivity contribution >= 4 is 12.1 Å². The Balaban J connectivity index is 1.67. The van der Waals surface area contributed by atoms with E-state index in [1.165, 1.54) is 0 Å². The zero-order chi connectivity index (χ0) is 20.7. The Hall–Kier alpha value is -1.50. The van der Waals surface area contributed by atoms with Crippen LogP contribution in [0.2, 0.25) is 0 Å². The van der Waals surface area contributed by atoms with Crippen molar-refractivity contribution in [3.63, 3.8) is 0 Å². The number of hydrogen-bond acceptors (Lipinski definition) is 4. The fourth-order valence-corrected chi connectivity index (χ4v) is 3.84. The highest BCUT2D eigenvalue weighted by atomic mass is 16.6. The molecule has 7 heteroatoms. The van der Waals surface area contributed by atoms with Gasteiger partial charge >= 0.3 is 6.09 Å². The number of likely N-dealkylation sites (tertiary alicyclic amines) is 2. The highest BCUT2D eigenvalue weighted by molar-refractivity contribution is 5.80. The van der Waals surface area contributed by atoms with E-state index in [1.807, 2.05) is 32.7 Å². The third-order valence-corrected chi connectivity index (χ3v) is 5.65. The van der Waals surface area contributed by atoms with E-state index < -0.39 is 5.60 Å². The maximum atomic E-state index is 12.2. The molecule has 0 spiro atoms. The quantitative estimate of drug-likeness (QED) is 0.566. The van der Waals surface area contributed by atoms with Crippen molar-refractivity contribution in [3.8, 4) is 0 Å². The number of nitrogens with zero attached hydrogens (tertiary/aromatic N) is 3. The molecular formula is C21H41N5O2. The van der Waals surface area contributed by atoms with Gasteiger partial charge in [0.25, 0.3) is 0 Å². The normalized spacial score (nSPS) is 21.1. The molecule has 0 saturated carbocycles. The largest absolute Gasteiger partial charge is 0.444 e. The van der Waals surface area contributed by atoms with Crippen LogP contribution < -0.4 is 10.6 Å². The second kappa shape index (κ2) is 10.3. The van der Waals surface area contributed by atoms with Crippen LogP contribution in [0, 0.1) is 5.92 Å². The van der Waals surface area contributed by atoms with Gasteiger partial charge in [0.2, 0.25) is 0 Å². The number of nitrogens with one attached hydrogen (secondary N) is 2. The lowest BCUT2D eigenvalue weighted by Crippen LogP contribution is -2.51. The molecule has 7 nitrogen and oxygen atoms in total. The molecular weight excluding hydrogens is 354 g/mol. The van der Waals surface area contributed by atoms with Crippen LogP contribution in [0.5, 0.6) is 0 Å². The molecule has 2 N–H and O–H groups in total. The summed E-state index contributed by atoms with van der Waals surface area (Å²) in [6.45, 7) is 15.0. The lowest BCUT2D eigenvalue weighted by molar-refractivity contribution is 0.0185. The summed E-state index contributed by atoms with van der Waals surface area (Å²) in [7, 11) is 1.84. The average Bonchev–Trinajstić information content (AvgIpc) is 2.64. The minimum absolute atomic E-state index is 0.191. The van der Waals surface area contributed by atoms with Crippen LogP contribution in [-0.2, 0) is 4.74 Å². The molecule has 0 aromatic rings. The van der Waals surface area contributed by atoms with Gasteiger partial charge in [-0.15, -0.1) is 0 Å². The number of hydrogen-bond donors (Lipinski definition) is 2. The van der Waals surface area contributed by atoms with Gasteiger partial charge in [-0.3, -0.25) is 4.99 Å². The summed E-state index contributed by atoms with van der Waals surface area (Å²) < 4.78 is 5.47. The van der Waals surface area contributed by atoms with Crippen LogP contribution in [0.1, 0.15) is 60.3 Å². The van der Waals surface area contributed by atoms with Crippen LogP contribution in [0.25, 0.3) is 0 Å². The molecule has 2 aliphatic heterocycles. The third kappa shape index (κ3) is 7.49. The fraction of sp³-hybridized carbons (Fsp3) is 0.905. The van der Waals surface area contributed by atoms with Crippen molar-refractivity contribution in [1.29, 1.82) is 0 Å². The highest BCUT2D eigenvalue weighted by Gasteiger charge is 2.27. The molecule has 2 rings (SSSR count). The molecule has 0 aliphatic carbocycles. The van der Waals surface area contributed by atoms with Crippen molar-refractivity contribution in [1.82, 2.24) is 20.4 Å². The number of carbonyl (C=O) groups excluding carboxylic acids is 1. The number of aliphatic imine (C=N–C) groups is 1. The number of ether oxygens (including phenoxy) is 1. The predicted octanol–water partition coefficient (Wildman–Crippen LogP) is 2.67. The maximum Gasteiger partial charge on any atom is 0.410 e. The van der Waals surface area contributed by atoms with E-state index in [0.29, 0.717) is 18.0 Å². The summed E-state index contributed by atoms with van der Waals surface area (Å²) in [5, 5.41) is 7.08. The number of guanidine groups is 1. The molecule has 0 radical (unpaired) electrons. The number of carbonyl (C=O) groups is 1. The maximum absolute atomic E-state index is 12.2. The molecule has 2 saturated heterocycles. The summed E-state index contributed by atoms with van der Waals surface area (Å²) in [5.41, 5.74) is -0.432. The second-order valence-electron chi connectivity index (χ2n) is 9.41. The molecule has 2 fully saturated rings. The Bertz CT molecular complexity index is 513. The van der Waals surface area contributed by atoms with E-state index in [9.17, 15) is 4.79 Å². The number of piperidine rings is 2. The minimum atomic E-state index is -0.432. The first-order chi connectivity index (χ1) is 13.2. The van der Waals surface area contributed by atoms with Gasteiger partial charge in [0.1, 0.15) is 5.60 Å². The van der Waals surface area contributed by atoms with Crippen LogP contribution in [0.15, 0.2) is 4.99 Å². The summed E-state index contributed by atoms with van der Waals surface area (Å²) in [4.78, 5) is 20.9. The first kappa shape index (κ1) is 22.8. The zero-order valence-electron chi connectivity index (χ0n) is 18.8. The van der Waals surface area contributed by atoms with Crippen LogP contribution >= 0.6 is 0 Å². The smallest absolute Gasteiger partial charge is 0.410 e. The van der Waals surface area contributed by atoms with E-state index in [0.717, 1.165) is 64.4 Å². The number of amides is 1. The predicted molar refractivity (Wildman–Crippen MR) is 115 cm³/mol. The van der Waals surface area contributed by atoms with Crippen molar-refractivity contribution in [2.45, 2.75) is 78.0 Å². The Labute approximate surface area is 171 Å². The third-order valence-electron chi connectivity index (χ3n) is 5.65. The van der Waals surface area contributed by atoms with Crippen molar-refractivity contribution in [3.05, 3.63) is 0 Å². The Kier molecular flexibility index (Phi) is 8.40. The second-order valence-corrected chi connectivity index (χ2v) is 9.41. The van der Waals surface area contributed by atoms with Gasteiger partial charge in [0.05, 0.1) is 0 Å². The van der Waals surface area contributed by atoms with Gasteiger partial charge < -0.3 is 25.2 Å². The van der Waals surface area contributed by atoms with E-state index in [1.54, 1.807) is 0 Å². The molecule has 0 aromatic carbocycles. The molecule has 162 valence electrons. The minimum Gasteiger partial charge on any atom is -0.444 e. The first-order valence-corrected chi connectivity index (χ1v) is 10.9. The van der Waals surface area contributed by atoms with Crippen LogP contribution in [0.4, 0.5) is 4.79 Å². The summed E-state index contributed by atoms with van der Waals surface area (Å²) in [6, 6.07) is 1.13. The van der Waals surface area contributed by atoms with Crippen molar-refractivity contribution in [2.75, 3.05) is 39.8 Å². The molecule has 0 bridgehead atoms. The SMILES string of the molecule is CN=C(NCC1CCN(C(=O)OC(C)(C)C)CC1)NC1CCN(C(C)C)CC1. The molecule has 2 heterocycles. The van der Waals surface area contributed by atoms with E-state index in [4.69, 9.17) is 4.74 Å². The molecule has 2 aliphatic rings. The van der Waals surface area contributed by atoms with Gasteiger partial charge in [-0.2, -0.15) is 0 Å². The average molecular weight is 396 g/mol. The Morgan fingerprint density at radius 1 is 1.11 bits per heavy atom. The van der Waals surface area contributed by atoms with E-state index in [-0.39, 0.29) is 6.09 Å². The molecule has 0 atom stereocenters. The van der Waals surface area contributed by atoms with Crippen molar-refractivity contribution in [2.24, 2.45) is 10.9 Å². The number of rotatable bonds is 4. The Morgan fingerprint density at radius 2 is 1.71 bits per heavy atom. The van der Waals surface area contributed by atoms with Crippen LogP contribution in [-0.4, -0.2) is 79.3 Å². The monoisotopic (exact) mass is 395 g/mol. The van der Waals surface area contributed by atoms with E-state index in [2.05, 4.69) is 34.4 Å². The molecule has 28 heavy (non-hydrogen) atoms. The van der Waals surface area contributed by atoms with Crippen LogP contribution in [0.3, 0.4) is 0 Å². The van der Waals surface area contributed by atoms with Crippen molar-refractivity contribution < 1.29 is 9.53 Å². The van der Waals surface area contributed by atoms with Gasteiger partial charge in [0, 0.05) is 51.9 Å². The lowest BCUT2D eigenvalue weighted by atomic mass is 9.97. The summed E-state index contributed by atoms with van der Waals surface area (Å²) >= 11 is 0. The molecule has 0 unspecified atom stereocenters. The highest BCUT2D eigenvalue weighted by Crippen LogP contribution is 2.19. The van der Waals surface area contributed by atoms with E-state index >= 15 is 0 Å². The zero-order valence-corrected chi connectivity index (χ0v) is 18.8.